The van der Waals surface area contributed by atoms with Gasteiger partial charge in [-0.3, -0.25) is 9.78 Å². The first kappa shape index (κ1) is 9.38. The molecule has 0 saturated carbocycles. The molecule has 1 rings (SSSR count). The zero-order chi connectivity index (χ0) is 9.68. The Kier molecular flexibility index (Phi) is 3.14. The zero-order valence-electron chi connectivity index (χ0n) is 6.90. The lowest BCUT2D eigenvalue weighted by Crippen LogP contribution is -2.07. The van der Waals surface area contributed by atoms with E-state index in [2.05, 4.69) is 4.98 Å². The minimum atomic E-state index is -0.423. The predicted molar refractivity (Wildman–Crippen MR) is 47.0 cm³/mol. The number of rotatable bonds is 3. The largest absolute Gasteiger partial charge is 0.369 e. The Bertz CT molecular complexity index is 336. The van der Waals surface area contributed by atoms with Crippen LogP contribution in [0.5, 0.6) is 0 Å². The van der Waals surface area contributed by atoms with Gasteiger partial charge in [0.2, 0.25) is 5.91 Å². The third-order valence-corrected chi connectivity index (χ3v) is 1.35. The van der Waals surface area contributed by atoms with E-state index in [-0.39, 0.29) is 12.2 Å². The summed E-state index contributed by atoms with van der Waals surface area (Å²) in [5.41, 5.74) is 5.38. The Hall–Kier alpha value is -1.71. The van der Waals surface area contributed by atoms with Crippen molar-refractivity contribution in [2.24, 2.45) is 5.73 Å². The van der Waals surface area contributed by atoms with Gasteiger partial charge in [0.05, 0.1) is 5.69 Å². The van der Waals surface area contributed by atoms with E-state index < -0.39 is 5.91 Å². The van der Waals surface area contributed by atoms with Crippen molar-refractivity contribution < 1.29 is 9.18 Å². The van der Waals surface area contributed by atoms with Crippen LogP contribution in [-0.2, 0) is 4.79 Å². The highest BCUT2D eigenvalue weighted by atomic mass is 19.1. The number of carbonyl (C=O) groups is 1. The summed E-state index contributed by atoms with van der Waals surface area (Å²) >= 11 is 0. The van der Waals surface area contributed by atoms with Gasteiger partial charge in [-0.1, -0.05) is 6.08 Å². The molecule has 0 atom stereocenters. The van der Waals surface area contributed by atoms with Crippen LogP contribution in [0.1, 0.15) is 12.1 Å². The minimum Gasteiger partial charge on any atom is -0.369 e. The molecule has 0 radical (unpaired) electrons. The molecule has 0 bridgehead atoms. The van der Waals surface area contributed by atoms with Gasteiger partial charge in [0.15, 0.2) is 0 Å². The number of hydrogen-bond acceptors (Lipinski definition) is 2. The van der Waals surface area contributed by atoms with E-state index >= 15 is 0 Å². The molecule has 0 aliphatic carbocycles. The maximum atomic E-state index is 12.6. The molecule has 0 aliphatic heterocycles. The van der Waals surface area contributed by atoms with Crippen LogP contribution >= 0.6 is 0 Å². The third kappa shape index (κ3) is 3.46. The number of amides is 1. The van der Waals surface area contributed by atoms with Crippen LogP contribution < -0.4 is 5.73 Å². The average molecular weight is 180 g/mol. The highest BCUT2D eigenvalue weighted by Crippen LogP contribution is 2.01. The summed E-state index contributed by atoms with van der Waals surface area (Å²) in [5, 5.41) is 0. The molecular weight excluding hydrogens is 171 g/mol. The number of pyridine rings is 1. The van der Waals surface area contributed by atoms with Crippen LogP contribution in [0.25, 0.3) is 6.08 Å². The molecule has 1 heterocycles. The standard InChI is InChI=1S/C9H9FN2O/c10-7-4-5-12-8(6-7)2-1-3-9(11)13/h1-2,4-6H,3H2,(H2,11,13). The fourth-order valence-electron chi connectivity index (χ4n) is 0.808. The van der Waals surface area contributed by atoms with Gasteiger partial charge in [-0.05, 0) is 18.2 Å². The maximum absolute atomic E-state index is 12.6. The van der Waals surface area contributed by atoms with Crippen LogP contribution in [0.15, 0.2) is 24.4 Å². The van der Waals surface area contributed by atoms with Crippen molar-refractivity contribution >= 4 is 12.0 Å². The van der Waals surface area contributed by atoms with Crippen LogP contribution in [0.4, 0.5) is 4.39 Å². The molecule has 1 amide bonds. The van der Waals surface area contributed by atoms with Crippen molar-refractivity contribution in [3.05, 3.63) is 35.9 Å². The molecule has 0 saturated heterocycles. The Morgan fingerprint density at radius 1 is 1.69 bits per heavy atom. The topological polar surface area (TPSA) is 56.0 Å². The minimum absolute atomic E-state index is 0.137. The van der Waals surface area contributed by atoms with Crippen LogP contribution in [0.2, 0.25) is 0 Å². The molecule has 3 nitrogen and oxygen atoms in total. The Morgan fingerprint density at radius 3 is 3.08 bits per heavy atom. The van der Waals surface area contributed by atoms with Gasteiger partial charge in [0.25, 0.3) is 0 Å². The van der Waals surface area contributed by atoms with Crippen molar-refractivity contribution in [3.63, 3.8) is 0 Å². The number of nitrogens with two attached hydrogens (primary N) is 1. The molecule has 0 spiro atoms. The van der Waals surface area contributed by atoms with Crippen molar-refractivity contribution in [1.82, 2.24) is 4.98 Å². The fourth-order valence-corrected chi connectivity index (χ4v) is 0.808. The first-order valence-corrected chi connectivity index (χ1v) is 3.75. The van der Waals surface area contributed by atoms with E-state index in [1.807, 2.05) is 0 Å². The second-order valence-electron chi connectivity index (χ2n) is 2.47. The number of carbonyl (C=O) groups excluding carboxylic acids is 1. The summed E-state index contributed by atoms with van der Waals surface area (Å²) in [5.74, 6) is -0.777. The van der Waals surface area contributed by atoms with Crippen molar-refractivity contribution in [2.45, 2.75) is 6.42 Å². The fraction of sp³-hybridized carbons (Fsp3) is 0.111. The summed E-state index contributed by atoms with van der Waals surface area (Å²) in [4.78, 5) is 14.2. The third-order valence-electron chi connectivity index (χ3n) is 1.35. The van der Waals surface area contributed by atoms with E-state index in [9.17, 15) is 9.18 Å². The lowest BCUT2D eigenvalue weighted by Gasteiger charge is -1.91. The molecule has 0 fully saturated rings. The average Bonchev–Trinajstić information content (AvgIpc) is 2.03. The van der Waals surface area contributed by atoms with E-state index in [0.717, 1.165) is 0 Å². The van der Waals surface area contributed by atoms with Crippen molar-refractivity contribution in [3.8, 4) is 0 Å². The Morgan fingerprint density at radius 2 is 2.46 bits per heavy atom. The summed E-state index contributed by atoms with van der Waals surface area (Å²) in [6.07, 6.45) is 4.59. The van der Waals surface area contributed by atoms with Crippen molar-refractivity contribution in [1.29, 1.82) is 0 Å². The van der Waals surface area contributed by atoms with Gasteiger partial charge < -0.3 is 5.73 Å². The monoisotopic (exact) mass is 180 g/mol. The molecule has 4 heteroatoms. The number of primary amides is 1. The second-order valence-corrected chi connectivity index (χ2v) is 2.47. The lowest BCUT2D eigenvalue weighted by atomic mass is 10.3. The number of aromatic nitrogens is 1. The summed E-state index contributed by atoms with van der Waals surface area (Å²) < 4.78 is 12.6. The predicted octanol–water partition coefficient (Wildman–Crippen LogP) is 1.11. The van der Waals surface area contributed by atoms with Gasteiger partial charge >= 0.3 is 0 Å². The van der Waals surface area contributed by atoms with E-state index in [4.69, 9.17) is 5.73 Å². The maximum Gasteiger partial charge on any atom is 0.221 e. The second kappa shape index (κ2) is 4.35. The van der Waals surface area contributed by atoms with Gasteiger partial charge in [0.1, 0.15) is 5.82 Å². The normalized spacial score (nSPS) is 10.5. The zero-order valence-corrected chi connectivity index (χ0v) is 6.90. The van der Waals surface area contributed by atoms with Crippen LogP contribution in [0.3, 0.4) is 0 Å². The molecule has 13 heavy (non-hydrogen) atoms. The molecule has 0 aromatic carbocycles. The SMILES string of the molecule is NC(=O)CC=Cc1cc(F)ccn1. The van der Waals surface area contributed by atoms with E-state index in [1.165, 1.54) is 18.3 Å². The van der Waals surface area contributed by atoms with Crippen LogP contribution in [0, 0.1) is 5.82 Å². The van der Waals surface area contributed by atoms with Gasteiger partial charge in [-0.25, -0.2) is 4.39 Å². The molecule has 1 aromatic rings. The number of hydrogen-bond donors (Lipinski definition) is 1. The summed E-state index contributed by atoms with van der Waals surface area (Å²) in [6, 6.07) is 2.53. The first-order chi connectivity index (χ1) is 6.18. The quantitative estimate of drug-likeness (QED) is 0.757. The highest BCUT2D eigenvalue weighted by Gasteiger charge is 1.92. The van der Waals surface area contributed by atoms with Gasteiger partial charge in [0, 0.05) is 12.6 Å². The molecule has 0 aliphatic rings. The smallest absolute Gasteiger partial charge is 0.221 e. The molecule has 0 unspecified atom stereocenters. The number of halogens is 1. The molecular formula is C9H9FN2O. The van der Waals surface area contributed by atoms with Gasteiger partial charge in [-0.15, -0.1) is 0 Å². The van der Waals surface area contributed by atoms with Gasteiger partial charge in [-0.2, -0.15) is 0 Å². The van der Waals surface area contributed by atoms with Crippen LogP contribution in [-0.4, -0.2) is 10.9 Å². The molecule has 68 valence electrons. The van der Waals surface area contributed by atoms with Crippen molar-refractivity contribution in [2.75, 3.05) is 0 Å². The molecule has 1 aromatic heterocycles. The lowest BCUT2D eigenvalue weighted by molar-refractivity contribution is -0.117. The van der Waals surface area contributed by atoms with E-state index in [1.54, 1.807) is 12.2 Å². The first-order valence-electron chi connectivity index (χ1n) is 3.75. The summed E-state index contributed by atoms with van der Waals surface area (Å²) in [6.45, 7) is 0. The number of nitrogens with zero attached hydrogens (tertiary/aromatic N) is 1. The Balaban J connectivity index is 2.63. The summed E-state index contributed by atoms with van der Waals surface area (Å²) in [7, 11) is 0. The highest BCUT2D eigenvalue weighted by molar-refractivity contribution is 5.76. The molecule has 2 N–H and O–H groups in total. The Labute approximate surface area is 75.1 Å². The van der Waals surface area contributed by atoms with E-state index in [0.29, 0.717) is 5.69 Å².